The van der Waals surface area contributed by atoms with Crippen LogP contribution in [0.4, 0.5) is 0 Å². The molecule has 0 bridgehead atoms. The SMILES string of the molecule is c1ccc(-n2ccc3c2ccc2c4cc(-c5cccc6c7ccc8c(cnn8-c8nc(-c9ccc(-c%10cccc%11ccccc%10%11)cc9)c9ccccc9n8)c7n(-c7ccccc7)c56)ccc4n(-c4ccccc4)c23)cc1. The Morgan fingerprint density at radius 1 is 0.316 bits per heavy atom. The molecule has 0 amide bonds. The fourth-order valence-corrected chi connectivity index (χ4v) is 12.1. The van der Waals surface area contributed by atoms with Gasteiger partial charge in [-0.1, -0.05) is 170 Å². The first-order valence-electron chi connectivity index (χ1n) is 25.8. The molecule has 11 aromatic carbocycles. The predicted molar refractivity (Wildman–Crippen MR) is 313 cm³/mol. The van der Waals surface area contributed by atoms with Crippen LogP contribution in [0, 0.1) is 0 Å². The molecular weight excluding hydrogens is 927 g/mol. The van der Waals surface area contributed by atoms with E-state index in [2.05, 4.69) is 263 Å². The van der Waals surface area contributed by atoms with Gasteiger partial charge in [-0.05, 0) is 106 Å². The van der Waals surface area contributed by atoms with Crippen molar-refractivity contribution in [1.29, 1.82) is 0 Å². The molecule has 0 fully saturated rings. The molecule has 5 heterocycles. The maximum absolute atomic E-state index is 5.35. The van der Waals surface area contributed by atoms with Gasteiger partial charge in [-0.15, -0.1) is 0 Å². The first kappa shape index (κ1) is 42.2. The van der Waals surface area contributed by atoms with E-state index in [-0.39, 0.29) is 0 Å². The van der Waals surface area contributed by atoms with Crippen LogP contribution in [0.3, 0.4) is 0 Å². The van der Waals surface area contributed by atoms with Crippen molar-refractivity contribution in [3.63, 3.8) is 0 Å². The van der Waals surface area contributed by atoms with Crippen molar-refractivity contribution < 1.29 is 0 Å². The molecule has 16 rings (SSSR count). The number of nitrogens with zero attached hydrogens (tertiary/aromatic N) is 7. The first-order valence-corrected chi connectivity index (χ1v) is 25.8. The highest BCUT2D eigenvalue weighted by molar-refractivity contribution is 6.22. The minimum atomic E-state index is 0.515. The molecule has 7 heteroatoms. The van der Waals surface area contributed by atoms with Gasteiger partial charge in [0.1, 0.15) is 0 Å². The molecule has 0 spiro atoms. The normalized spacial score (nSPS) is 11.9. The zero-order valence-corrected chi connectivity index (χ0v) is 41.0. The van der Waals surface area contributed by atoms with Crippen LogP contribution in [0.2, 0.25) is 0 Å². The summed E-state index contributed by atoms with van der Waals surface area (Å²) in [6.07, 6.45) is 4.18. The molecule has 0 atom stereocenters. The smallest absolute Gasteiger partial charge is 0.252 e. The Morgan fingerprint density at radius 3 is 1.70 bits per heavy atom. The Bertz CT molecular complexity index is 4960. The molecule has 0 radical (unpaired) electrons. The number of rotatable bonds is 7. The van der Waals surface area contributed by atoms with Gasteiger partial charge < -0.3 is 13.7 Å². The standard InChI is InChI=1S/C69H43N7/c1-4-18-48(19-5-1)73-41-40-58-62(73)38-35-56-59-42-47(34-37-63(59)74(67(56)58)49-20-6-2-7-21-49)53-27-15-28-54-55-36-39-64-60(68(55)75(66(53)54)50-22-8-3-9-23-50)43-70-76(64)69-71-61-29-13-12-25-57(61)65(72-69)46-32-30-45(31-33-46)52-26-14-17-44-16-10-11-24-51(44)52/h1-43H. The number of para-hydroxylation sites is 5. The number of fused-ring (bicyclic) bond motifs is 12. The molecular formula is C69H43N7. The van der Waals surface area contributed by atoms with Crippen LogP contribution in [0.1, 0.15) is 0 Å². The minimum Gasteiger partial charge on any atom is -0.316 e. The van der Waals surface area contributed by atoms with Crippen molar-refractivity contribution in [2.45, 2.75) is 0 Å². The second-order valence-electron chi connectivity index (χ2n) is 19.6. The lowest BCUT2D eigenvalue weighted by Crippen LogP contribution is -2.04. The summed E-state index contributed by atoms with van der Waals surface area (Å²) in [5, 5.41) is 15.5. The van der Waals surface area contributed by atoms with Crippen LogP contribution in [-0.2, 0) is 0 Å². The van der Waals surface area contributed by atoms with Gasteiger partial charge in [0.05, 0.1) is 50.5 Å². The fraction of sp³-hybridized carbons (Fsp3) is 0. The van der Waals surface area contributed by atoms with Crippen molar-refractivity contribution in [2.24, 2.45) is 0 Å². The minimum absolute atomic E-state index is 0.515. The summed E-state index contributed by atoms with van der Waals surface area (Å²) in [5.74, 6) is 0.515. The van der Waals surface area contributed by atoms with E-state index in [9.17, 15) is 0 Å². The van der Waals surface area contributed by atoms with E-state index in [4.69, 9.17) is 15.1 Å². The Labute approximate surface area is 436 Å². The van der Waals surface area contributed by atoms with Crippen molar-refractivity contribution in [3.8, 4) is 56.5 Å². The fourth-order valence-electron chi connectivity index (χ4n) is 12.1. The molecule has 0 N–H and O–H groups in total. The van der Waals surface area contributed by atoms with Crippen LogP contribution < -0.4 is 0 Å². The number of aromatic nitrogens is 7. The molecule has 354 valence electrons. The molecule has 0 aliphatic carbocycles. The Balaban J connectivity index is 0.879. The maximum atomic E-state index is 5.35. The average molecular weight is 970 g/mol. The quantitative estimate of drug-likeness (QED) is 0.160. The van der Waals surface area contributed by atoms with Crippen LogP contribution in [0.25, 0.3) is 144 Å². The molecule has 0 saturated heterocycles. The van der Waals surface area contributed by atoms with Gasteiger partial charge >= 0.3 is 0 Å². The summed E-state index contributed by atoms with van der Waals surface area (Å²) in [4.78, 5) is 10.5. The second kappa shape index (κ2) is 16.6. The van der Waals surface area contributed by atoms with Gasteiger partial charge in [0.2, 0.25) is 0 Å². The molecule has 0 aliphatic heterocycles. The molecule has 16 aromatic rings. The van der Waals surface area contributed by atoms with Crippen LogP contribution in [0.5, 0.6) is 0 Å². The van der Waals surface area contributed by atoms with E-state index in [0.717, 1.165) is 94.1 Å². The van der Waals surface area contributed by atoms with Crippen molar-refractivity contribution in [2.75, 3.05) is 0 Å². The molecule has 7 nitrogen and oxygen atoms in total. The van der Waals surface area contributed by atoms with Crippen molar-refractivity contribution in [1.82, 2.24) is 33.4 Å². The maximum Gasteiger partial charge on any atom is 0.252 e. The van der Waals surface area contributed by atoms with Crippen LogP contribution in [-0.4, -0.2) is 33.4 Å². The number of benzene rings is 11. The highest BCUT2D eigenvalue weighted by Crippen LogP contribution is 2.44. The lowest BCUT2D eigenvalue weighted by molar-refractivity contribution is 0.843. The molecule has 0 aliphatic rings. The topological polar surface area (TPSA) is 58.4 Å². The highest BCUT2D eigenvalue weighted by Gasteiger charge is 2.24. The molecule has 76 heavy (non-hydrogen) atoms. The molecule has 0 saturated carbocycles. The van der Waals surface area contributed by atoms with E-state index in [1.165, 1.54) is 43.5 Å². The van der Waals surface area contributed by atoms with E-state index in [1.54, 1.807) is 0 Å². The summed E-state index contributed by atoms with van der Waals surface area (Å²) >= 11 is 0. The van der Waals surface area contributed by atoms with Crippen molar-refractivity contribution >= 4 is 87.1 Å². The molecule has 5 aromatic heterocycles. The predicted octanol–water partition coefficient (Wildman–Crippen LogP) is 17.3. The monoisotopic (exact) mass is 969 g/mol. The van der Waals surface area contributed by atoms with E-state index >= 15 is 0 Å². The third-order valence-corrected chi connectivity index (χ3v) is 15.5. The number of hydrogen-bond donors (Lipinski definition) is 0. The summed E-state index contributed by atoms with van der Waals surface area (Å²) < 4.78 is 9.07. The lowest BCUT2D eigenvalue weighted by Gasteiger charge is -2.13. The zero-order chi connectivity index (χ0) is 49.8. The van der Waals surface area contributed by atoms with Gasteiger partial charge in [0.15, 0.2) is 0 Å². The van der Waals surface area contributed by atoms with Crippen molar-refractivity contribution in [3.05, 3.63) is 261 Å². The van der Waals surface area contributed by atoms with Gasteiger partial charge in [-0.2, -0.15) is 9.78 Å². The van der Waals surface area contributed by atoms with Gasteiger partial charge in [0.25, 0.3) is 5.95 Å². The largest absolute Gasteiger partial charge is 0.316 e. The summed E-state index contributed by atoms with van der Waals surface area (Å²) in [7, 11) is 0. The Kier molecular flexibility index (Phi) is 9.20. The summed E-state index contributed by atoms with van der Waals surface area (Å²) in [5.41, 5.74) is 17.4. The Hall–Kier alpha value is -10.4. The lowest BCUT2D eigenvalue weighted by atomic mass is 9.96. The molecule has 0 unspecified atom stereocenters. The third kappa shape index (κ3) is 6.33. The van der Waals surface area contributed by atoms with Gasteiger partial charge in [0, 0.05) is 72.1 Å². The summed E-state index contributed by atoms with van der Waals surface area (Å²) in [6.45, 7) is 0. The third-order valence-electron chi connectivity index (χ3n) is 15.5. The van der Waals surface area contributed by atoms with Gasteiger partial charge in [-0.3, -0.25) is 0 Å². The number of hydrogen-bond acceptors (Lipinski definition) is 3. The highest BCUT2D eigenvalue weighted by atomic mass is 15.3. The van der Waals surface area contributed by atoms with E-state index < -0.39 is 0 Å². The van der Waals surface area contributed by atoms with Gasteiger partial charge in [-0.25, -0.2) is 9.97 Å². The average Bonchev–Trinajstić information content (AvgIpc) is 4.42. The summed E-state index contributed by atoms with van der Waals surface area (Å²) in [6, 6.07) is 89.2. The van der Waals surface area contributed by atoms with E-state index in [1.807, 2.05) is 16.9 Å². The first-order chi connectivity index (χ1) is 37.7. The Morgan fingerprint density at radius 2 is 0.895 bits per heavy atom. The van der Waals surface area contributed by atoms with E-state index in [0.29, 0.717) is 5.95 Å². The zero-order valence-electron chi connectivity index (χ0n) is 41.0. The van der Waals surface area contributed by atoms with Crippen LogP contribution >= 0.6 is 0 Å². The second-order valence-corrected chi connectivity index (χ2v) is 19.6. The van der Waals surface area contributed by atoms with Crippen LogP contribution in [0.15, 0.2) is 261 Å².